The molecule has 138 valence electrons. The summed E-state index contributed by atoms with van der Waals surface area (Å²) in [5.74, 6) is 1.30. The first-order valence-corrected chi connectivity index (χ1v) is 8.94. The molecule has 1 saturated heterocycles. The van der Waals surface area contributed by atoms with Gasteiger partial charge in [0.25, 0.3) is 0 Å². The van der Waals surface area contributed by atoms with E-state index < -0.39 is 0 Å². The van der Waals surface area contributed by atoms with Crippen LogP contribution in [0.15, 0.2) is 47.1 Å². The van der Waals surface area contributed by atoms with Crippen molar-refractivity contribution in [2.45, 2.75) is 13.3 Å². The number of Topliss-reactive ketones (excluding diaryl/α,β-unsaturated/α-hetero) is 1. The average molecular weight is 356 g/mol. The molecule has 1 aliphatic rings. The Balaban J connectivity index is 1.45. The van der Waals surface area contributed by atoms with E-state index in [-0.39, 0.29) is 11.7 Å². The molecule has 1 aliphatic heterocycles. The van der Waals surface area contributed by atoms with E-state index in [9.17, 15) is 9.59 Å². The Kier molecular flexibility index (Phi) is 6.07. The van der Waals surface area contributed by atoms with E-state index in [1.807, 2.05) is 36.1 Å². The molecule has 0 spiro atoms. The number of ether oxygens (including phenoxy) is 1. The van der Waals surface area contributed by atoms with Crippen LogP contribution in [0, 0.1) is 0 Å². The Hall–Kier alpha value is -2.60. The zero-order valence-corrected chi connectivity index (χ0v) is 15.0. The van der Waals surface area contributed by atoms with Crippen molar-refractivity contribution in [2.24, 2.45) is 0 Å². The first kappa shape index (κ1) is 18.2. The van der Waals surface area contributed by atoms with Crippen LogP contribution in [0.3, 0.4) is 0 Å². The maximum atomic E-state index is 12.5. The van der Waals surface area contributed by atoms with Gasteiger partial charge in [0.1, 0.15) is 5.75 Å². The normalized spacial score (nSPS) is 15.0. The highest BCUT2D eigenvalue weighted by Crippen LogP contribution is 2.14. The molecule has 3 rings (SSSR count). The number of piperazine rings is 1. The number of hydrogen-bond acceptors (Lipinski definition) is 5. The standard InChI is InChI=1S/C20H24N2O4/c1-2-25-17-7-5-16(6-8-17)14-20(24)22-11-9-21(10-12-22)15-18(23)19-4-3-13-26-19/h3-8,13H,2,9-12,14-15H2,1H3. The molecule has 0 radical (unpaired) electrons. The summed E-state index contributed by atoms with van der Waals surface area (Å²) in [6.45, 7) is 5.57. The maximum Gasteiger partial charge on any atom is 0.227 e. The molecule has 0 saturated carbocycles. The summed E-state index contributed by atoms with van der Waals surface area (Å²) in [7, 11) is 0. The van der Waals surface area contributed by atoms with Crippen molar-refractivity contribution >= 4 is 11.7 Å². The summed E-state index contributed by atoms with van der Waals surface area (Å²) in [6, 6.07) is 11.0. The third kappa shape index (κ3) is 4.73. The number of furan rings is 1. The van der Waals surface area contributed by atoms with E-state index in [2.05, 4.69) is 4.90 Å². The summed E-state index contributed by atoms with van der Waals surface area (Å²) in [6.07, 6.45) is 1.89. The van der Waals surface area contributed by atoms with Crippen molar-refractivity contribution < 1.29 is 18.7 Å². The van der Waals surface area contributed by atoms with Gasteiger partial charge in [-0.1, -0.05) is 12.1 Å². The Morgan fingerprint density at radius 1 is 1.08 bits per heavy atom. The maximum absolute atomic E-state index is 12.5. The van der Waals surface area contributed by atoms with Gasteiger partial charge in [-0.2, -0.15) is 0 Å². The molecule has 0 aliphatic carbocycles. The van der Waals surface area contributed by atoms with Gasteiger partial charge in [0, 0.05) is 26.2 Å². The number of rotatable bonds is 7. The van der Waals surface area contributed by atoms with Crippen molar-refractivity contribution in [3.8, 4) is 5.75 Å². The summed E-state index contributed by atoms with van der Waals surface area (Å²) in [5, 5.41) is 0. The van der Waals surface area contributed by atoms with Crippen LogP contribution in [0.4, 0.5) is 0 Å². The fourth-order valence-corrected chi connectivity index (χ4v) is 3.03. The second-order valence-corrected chi connectivity index (χ2v) is 6.31. The summed E-state index contributed by atoms with van der Waals surface area (Å²) in [4.78, 5) is 28.5. The molecule has 0 unspecified atom stereocenters. The predicted molar refractivity (Wildman–Crippen MR) is 97.4 cm³/mol. The molecule has 1 fully saturated rings. The van der Waals surface area contributed by atoms with Crippen molar-refractivity contribution in [3.05, 3.63) is 54.0 Å². The monoisotopic (exact) mass is 356 g/mol. The largest absolute Gasteiger partial charge is 0.494 e. The number of ketones is 1. The van der Waals surface area contributed by atoms with Gasteiger partial charge in [0.05, 0.1) is 25.8 Å². The lowest BCUT2D eigenvalue weighted by Gasteiger charge is -2.34. The molecule has 6 heteroatoms. The summed E-state index contributed by atoms with van der Waals surface area (Å²) >= 11 is 0. The van der Waals surface area contributed by atoms with E-state index in [1.54, 1.807) is 12.1 Å². The van der Waals surface area contributed by atoms with Gasteiger partial charge < -0.3 is 14.1 Å². The molecule has 6 nitrogen and oxygen atoms in total. The number of nitrogens with zero attached hydrogens (tertiary/aromatic N) is 2. The molecular formula is C20H24N2O4. The van der Waals surface area contributed by atoms with Crippen molar-refractivity contribution in [1.82, 2.24) is 9.80 Å². The van der Waals surface area contributed by atoms with Crippen LogP contribution in [0.5, 0.6) is 5.75 Å². The molecule has 1 aromatic heterocycles. The molecule has 2 heterocycles. The van der Waals surface area contributed by atoms with Gasteiger partial charge in [0.2, 0.25) is 11.7 Å². The van der Waals surface area contributed by atoms with Crippen LogP contribution in [0.1, 0.15) is 23.0 Å². The number of carbonyl (C=O) groups is 2. The summed E-state index contributed by atoms with van der Waals surface area (Å²) < 4.78 is 10.6. The van der Waals surface area contributed by atoms with E-state index in [0.29, 0.717) is 51.5 Å². The van der Waals surface area contributed by atoms with E-state index in [1.165, 1.54) is 6.26 Å². The van der Waals surface area contributed by atoms with Crippen LogP contribution in [-0.4, -0.2) is 60.8 Å². The zero-order valence-electron chi connectivity index (χ0n) is 15.0. The highest BCUT2D eigenvalue weighted by atomic mass is 16.5. The predicted octanol–water partition coefficient (Wildman–Crippen LogP) is 2.25. The van der Waals surface area contributed by atoms with Gasteiger partial charge in [-0.3, -0.25) is 14.5 Å². The molecular weight excluding hydrogens is 332 g/mol. The number of benzene rings is 1. The van der Waals surface area contributed by atoms with Crippen LogP contribution in [-0.2, 0) is 11.2 Å². The van der Waals surface area contributed by atoms with Crippen LogP contribution >= 0.6 is 0 Å². The molecule has 2 aromatic rings. The minimum Gasteiger partial charge on any atom is -0.494 e. The number of hydrogen-bond donors (Lipinski definition) is 0. The third-order valence-corrected chi connectivity index (χ3v) is 4.48. The lowest BCUT2D eigenvalue weighted by Crippen LogP contribution is -2.50. The fraction of sp³-hybridized carbons (Fsp3) is 0.400. The minimum atomic E-state index is -0.0239. The molecule has 0 atom stereocenters. The Labute approximate surface area is 153 Å². The van der Waals surface area contributed by atoms with Crippen LogP contribution in [0.2, 0.25) is 0 Å². The third-order valence-electron chi connectivity index (χ3n) is 4.48. The van der Waals surface area contributed by atoms with E-state index >= 15 is 0 Å². The lowest BCUT2D eigenvalue weighted by atomic mass is 10.1. The first-order valence-electron chi connectivity index (χ1n) is 8.94. The average Bonchev–Trinajstić information content (AvgIpc) is 3.19. The van der Waals surface area contributed by atoms with Gasteiger partial charge in [-0.15, -0.1) is 0 Å². The van der Waals surface area contributed by atoms with Crippen LogP contribution in [0.25, 0.3) is 0 Å². The highest BCUT2D eigenvalue weighted by molar-refractivity contribution is 5.95. The first-order chi connectivity index (χ1) is 12.7. The number of amides is 1. The minimum absolute atomic E-state index is 0.0239. The quantitative estimate of drug-likeness (QED) is 0.712. The van der Waals surface area contributed by atoms with Crippen LogP contribution < -0.4 is 4.74 Å². The summed E-state index contributed by atoms with van der Waals surface area (Å²) in [5.41, 5.74) is 0.980. The smallest absolute Gasteiger partial charge is 0.227 e. The van der Waals surface area contributed by atoms with Gasteiger partial charge >= 0.3 is 0 Å². The SMILES string of the molecule is CCOc1ccc(CC(=O)N2CCN(CC(=O)c3ccco3)CC2)cc1. The van der Waals surface area contributed by atoms with E-state index in [0.717, 1.165) is 11.3 Å². The van der Waals surface area contributed by atoms with Crippen molar-refractivity contribution in [3.63, 3.8) is 0 Å². The Morgan fingerprint density at radius 3 is 2.42 bits per heavy atom. The van der Waals surface area contributed by atoms with E-state index in [4.69, 9.17) is 9.15 Å². The fourth-order valence-electron chi connectivity index (χ4n) is 3.03. The lowest BCUT2D eigenvalue weighted by molar-refractivity contribution is -0.132. The second-order valence-electron chi connectivity index (χ2n) is 6.31. The topological polar surface area (TPSA) is 63.0 Å². The molecule has 0 N–H and O–H groups in total. The van der Waals surface area contributed by atoms with Gasteiger partial charge in [-0.25, -0.2) is 0 Å². The molecule has 1 aromatic carbocycles. The second kappa shape index (κ2) is 8.67. The van der Waals surface area contributed by atoms with Crippen molar-refractivity contribution in [2.75, 3.05) is 39.3 Å². The van der Waals surface area contributed by atoms with Gasteiger partial charge in [0.15, 0.2) is 5.76 Å². The number of carbonyl (C=O) groups excluding carboxylic acids is 2. The van der Waals surface area contributed by atoms with Gasteiger partial charge in [-0.05, 0) is 36.8 Å². The Bertz CT molecular complexity index is 717. The molecule has 1 amide bonds. The molecule has 0 bridgehead atoms. The molecule has 26 heavy (non-hydrogen) atoms. The zero-order chi connectivity index (χ0) is 18.4. The Morgan fingerprint density at radius 2 is 1.81 bits per heavy atom. The highest BCUT2D eigenvalue weighted by Gasteiger charge is 2.23. The van der Waals surface area contributed by atoms with Crippen molar-refractivity contribution in [1.29, 1.82) is 0 Å².